The van der Waals surface area contributed by atoms with Crippen molar-refractivity contribution in [2.24, 2.45) is 5.73 Å². The van der Waals surface area contributed by atoms with E-state index < -0.39 is 5.91 Å². The van der Waals surface area contributed by atoms with Crippen molar-refractivity contribution in [2.45, 2.75) is 13.0 Å². The van der Waals surface area contributed by atoms with Crippen LogP contribution < -0.4 is 5.73 Å². The Morgan fingerprint density at radius 3 is 2.50 bits per heavy atom. The molecule has 22 heavy (non-hydrogen) atoms. The number of primary amides is 1. The van der Waals surface area contributed by atoms with Crippen molar-refractivity contribution >= 4 is 5.91 Å². The molecule has 110 valence electrons. The average Bonchev–Trinajstić information content (AvgIpc) is 2.99. The molecule has 0 aliphatic carbocycles. The number of pyridine rings is 1. The molecule has 0 bridgehead atoms. The zero-order valence-electron chi connectivity index (χ0n) is 12.0. The Morgan fingerprint density at radius 2 is 1.82 bits per heavy atom. The smallest absolute Gasteiger partial charge is 0.266 e. The molecule has 0 radical (unpaired) electrons. The molecule has 2 N–H and O–H groups in total. The van der Waals surface area contributed by atoms with Crippen molar-refractivity contribution in [1.29, 1.82) is 0 Å². The third-order valence-electron chi connectivity index (χ3n) is 3.41. The minimum absolute atomic E-state index is 0.400. The maximum Gasteiger partial charge on any atom is 0.266 e. The number of amides is 1. The summed E-state index contributed by atoms with van der Waals surface area (Å²) < 4.78 is 1.65. The Kier molecular flexibility index (Phi) is 3.96. The predicted molar refractivity (Wildman–Crippen MR) is 84.1 cm³/mol. The van der Waals surface area contributed by atoms with Gasteiger partial charge in [0.2, 0.25) is 0 Å². The van der Waals surface area contributed by atoms with Gasteiger partial charge in [-0.05, 0) is 30.2 Å². The van der Waals surface area contributed by atoms with E-state index in [0.29, 0.717) is 17.9 Å². The van der Waals surface area contributed by atoms with E-state index >= 15 is 0 Å². The van der Waals surface area contributed by atoms with Crippen molar-refractivity contribution in [3.05, 3.63) is 72.1 Å². The van der Waals surface area contributed by atoms with Crippen LogP contribution >= 0.6 is 0 Å². The van der Waals surface area contributed by atoms with E-state index in [-0.39, 0.29) is 0 Å². The number of rotatable bonds is 5. The Hall–Kier alpha value is -2.95. The number of benzene rings is 1. The summed E-state index contributed by atoms with van der Waals surface area (Å²) in [5, 5.41) is 4.47. The maximum atomic E-state index is 11.6. The zero-order valence-corrected chi connectivity index (χ0v) is 12.0. The molecular weight excluding hydrogens is 276 g/mol. The molecule has 0 saturated carbocycles. The first-order valence-corrected chi connectivity index (χ1v) is 7.07. The van der Waals surface area contributed by atoms with Gasteiger partial charge in [0.25, 0.3) is 5.91 Å². The molecule has 5 nitrogen and oxygen atoms in total. The molecule has 0 unspecified atom stereocenters. The van der Waals surface area contributed by atoms with E-state index in [4.69, 9.17) is 5.73 Å². The normalized spacial score (nSPS) is 10.5. The number of carbonyl (C=O) groups is 1. The van der Waals surface area contributed by atoms with Gasteiger partial charge < -0.3 is 5.73 Å². The van der Waals surface area contributed by atoms with Gasteiger partial charge in [0, 0.05) is 12.7 Å². The molecule has 2 heterocycles. The van der Waals surface area contributed by atoms with Crippen molar-refractivity contribution in [1.82, 2.24) is 14.8 Å². The molecule has 0 aliphatic heterocycles. The van der Waals surface area contributed by atoms with Gasteiger partial charge in [-0.2, -0.15) is 5.10 Å². The maximum absolute atomic E-state index is 11.6. The molecule has 2 aromatic heterocycles. The second kappa shape index (κ2) is 6.22. The molecule has 0 fully saturated rings. The van der Waals surface area contributed by atoms with Crippen LogP contribution in [0.3, 0.4) is 0 Å². The molecule has 0 atom stereocenters. The third-order valence-corrected chi connectivity index (χ3v) is 3.41. The lowest BCUT2D eigenvalue weighted by Crippen LogP contribution is -2.18. The number of hydrogen-bond acceptors (Lipinski definition) is 3. The van der Waals surface area contributed by atoms with Crippen molar-refractivity contribution in [3.63, 3.8) is 0 Å². The molecular formula is C17H16N4O. The first kappa shape index (κ1) is 14.0. The highest BCUT2D eigenvalue weighted by atomic mass is 16.1. The molecule has 5 heteroatoms. The summed E-state index contributed by atoms with van der Waals surface area (Å²) in [6.07, 6.45) is 2.48. The summed E-state index contributed by atoms with van der Waals surface area (Å²) in [7, 11) is 0. The van der Waals surface area contributed by atoms with Crippen LogP contribution in [0.25, 0.3) is 11.4 Å². The number of nitrogens with two attached hydrogens (primary N) is 1. The fraction of sp³-hybridized carbons (Fsp3) is 0.118. The van der Waals surface area contributed by atoms with Crippen LogP contribution in [0.2, 0.25) is 0 Å². The fourth-order valence-corrected chi connectivity index (χ4v) is 2.30. The van der Waals surface area contributed by atoms with E-state index in [1.165, 1.54) is 5.56 Å². The second-order valence-electron chi connectivity index (χ2n) is 4.95. The predicted octanol–water partition coefficient (Wildman–Crippen LogP) is 2.29. The van der Waals surface area contributed by atoms with Gasteiger partial charge >= 0.3 is 0 Å². The Labute approximate surface area is 128 Å². The van der Waals surface area contributed by atoms with Crippen LogP contribution in [0.1, 0.15) is 16.1 Å². The summed E-state index contributed by atoms with van der Waals surface area (Å²) >= 11 is 0. The Morgan fingerprint density at radius 1 is 1.05 bits per heavy atom. The van der Waals surface area contributed by atoms with Crippen LogP contribution in [-0.2, 0) is 13.0 Å². The largest absolute Gasteiger partial charge is 0.364 e. The molecule has 3 rings (SSSR count). The minimum Gasteiger partial charge on any atom is -0.364 e. The summed E-state index contributed by atoms with van der Waals surface area (Å²) in [5.41, 5.74) is 8.42. The van der Waals surface area contributed by atoms with Gasteiger partial charge in [0.05, 0.1) is 5.69 Å². The van der Waals surface area contributed by atoms with Gasteiger partial charge in [0.1, 0.15) is 11.4 Å². The molecule has 0 spiro atoms. The highest BCUT2D eigenvalue weighted by Gasteiger charge is 2.14. The SMILES string of the molecule is NC(=O)c1cc(-c2ccccn2)nn1CCc1ccccc1. The van der Waals surface area contributed by atoms with Crippen molar-refractivity contribution in [2.75, 3.05) is 0 Å². The van der Waals surface area contributed by atoms with Crippen molar-refractivity contribution in [3.8, 4) is 11.4 Å². The number of nitrogens with zero attached hydrogens (tertiary/aromatic N) is 3. The van der Waals surface area contributed by atoms with Gasteiger partial charge in [-0.1, -0.05) is 36.4 Å². The van der Waals surface area contributed by atoms with E-state index in [1.807, 2.05) is 48.5 Å². The van der Waals surface area contributed by atoms with E-state index in [9.17, 15) is 4.79 Å². The lowest BCUT2D eigenvalue weighted by Gasteiger charge is -2.05. The van der Waals surface area contributed by atoms with Gasteiger partial charge in [-0.3, -0.25) is 14.5 Å². The van der Waals surface area contributed by atoms with Crippen molar-refractivity contribution < 1.29 is 4.79 Å². The summed E-state index contributed by atoms with van der Waals surface area (Å²) in [6.45, 7) is 0.592. The first-order chi connectivity index (χ1) is 10.7. The van der Waals surface area contributed by atoms with Gasteiger partial charge in [-0.25, -0.2) is 0 Å². The van der Waals surface area contributed by atoms with E-state index in [0.717, 1.165) is 12.1 Å². The number of aryl methyl sites for hydroxylation is 2. The number of aromatic nitrogens is 3. The van der Waals surface area contributed by atoms with Gasteiger partial charge in [-0.15, -0.1) is 0 Å². The summed E-state index contributed by atoms with van der Waals surface area (Å²) in [5.74, 6) is -0.484. The summed E-state index contributed by atoms with van der Waals surface area (Å²) in [4.78, 5) is 15.9. The molecule has 1 amide bonds. The second-order valence-corrected chi connectivity index (χ2v) is 4.95. The van der Waals surface area contributed by atoms with Crippen LogP contribution in [-0.4, -0.2) is 20.7 Å². The average molecular weight is 292 g/mol. The fourth-order valence-electron chi connectivity index (χ4n) is 2.30. The van der Waals surface area contributed by atoms with E-state index in [1.54, 1.807) is 16.9 Å². The highest BCUT2D eigenvalue weighted by molar-refractivity contribution is 5.92. The summed E-state index contributed by atoms with van der Waals surface area (Å²) in [6, 6.07) is 17.3. The van der Waals surface area contributed by atoms with Crippen LogP contribution in [0.4, 0.5) is 0 Å². The topological polar surface area (TPSA) is 73.8 Å². The Balaban J connectivity index is 1.86. The third kappa shape index (κ3) is 3.03. The highest BCUT2D eigenvalue weighted by Crippen LogP contribution is 2.17. The van der Waals surface area contributed by atoms with E-state index in [2.05, 4.69) is 10.1 Å². The minimum atomic E-state index is -0.484. The van der Waals surface area contributed by atoms with Crippen LogP contribution in [0, 0.1) is 0 Å². The lowest BCUT2D eigenvalue weighted by molar-refractivity contribution is 0.0990. The first-order valence-electron chi connectivity index (χ1n) is 7.07. The molecule has 3 aromatic rings. The Bertz CT molecular complexity index is 766. The van der Waals surface area contributed by atoms with Crippen LogP contribution in [0.15, 0.2) is 60.8 Å². The monoisotopic (exact) mass is 292 g/mol. The molecule has 0 aliphatic rings. The lowest BCUT2D eigenvalue weighted by atomic mass is 10.1. The molecule has 0 saturated heterocycles. The zero-order chi connectivity index (χ0) is 15.4. The van der Waals surface area contributed by atoms with Gasteiger partial charge in [0.15, 0.2) is 0 Å². The number of carbonyl (C=O) groups excluding carboxylic acids is 1. The number of hydrogen-bond donors (Lipinski definition) is 1. The standard InChI is InChI=1S/C17H16N4O/c18-17(22)16-12-15(14-8-4-5-10-19-14)20-21(16)11-9-13-6-2-1-3-7-13/h1-8,10,12H,9,11H2,(H2,18,22). The quantitative estimate of drug-likeness (QED) is 0.784. The van der Waals surface area contributed by atoms with Crippen LogP contribution in [0.5, 0.6) is 0 Å². The molecule has 1 aromatic carbocycles.